The molecule has 0 aliphatic rings. The monoisotopic (exact) mass is 293 g/mol. The zero-order valence-corrected chi connectivity index (χ0v) is 11.5. The van der Waals surface area contributed by atoms with Gasteiger partial charge in [-0.2, -0.15) is 18.4 Å². The molecule has 2 N–H and O–H groups in total. The smallest absolute Gasteiger partial charge is 0.405 e. The quantitative estimate of drug-likeness (QED) is 0.927. The number of rotatable bonds is 4. The van der Waals surface area contributed by atoms with Gasteiger partial charge in [0.25, 0.3) is 0 Å². The highest BCUT2D eigenvalue weighted by Gasteiger charge is 2.32. The van der Waals surface area contributed by atoms with Gasteiger partial charge in [0.2, 0.25) is 0 Å². The van der Waals surface area contributed by atoms with Crippen molar-refractivity contribution in [1.29, 1.82) is 5.26 Å². The van der Waals surface area contributed by atoms with Crippen molar-refractivity contribution in [2.75, 3.05) is 24.2 Å². The molecule has 0 aliphatic heterocycles. The summed E-state index contributed by atoms with van der Waals surface area (Å²) in [6.07, 6.45) is -4.59. The summed E-state index contributed by atoms with van der Waals surface area (Å²) in [7, 11) is 1.28. The fraction of sp³-hybridized carbons (Fsp3) is 0.545. The van der Waals surface area contributed by atoms with Gasteiger partial charge in [0.15, 0.2) is 5.75 Å². The third-order valence-electron chi connectivity index (χ3n) is 2.10. The minimum absolute atomic E-state index is 0.0882. The van der Waals surface area contributed by atoms with E-state index in [2.05, 4.69) is 0 Å². The van der Waals surface area contributed by atoms with Crippen LogP contribution in [0, 0.1) is 11.3 Å². The predicted octanol–water partition coefficient (Wildman–Crippen LogP) is 2.99. The maximum Gasteiger partial charge on any atom is 0.405 e. The van der Waals surface area contributed by atoms with E-state index in [1.54, 1.807) is 13.8 Å². The Morgan fingerprint density at radius 3 is 2.47 bits per heavy atom. The van der Waals surface area contributed by atoms with Crippen molar-refractivity contribution in [2.45, 2.75) is 26.1 Å². The first-order chi connectivity index (χ1) is 8.65. The van der Waals surface area contributed by atoms with E-state index in [1.165, 1.54) is 7.05 Å². The first-order valence-corrected chi connectivity index (χ1v) is 6.24. The molecule has 1 aromatic rings. The van der Waals surface area contributed by atoms with Crippen molar-refractivity contribution in [3.05, 3.63) is 4.88 Å². The minimum Gasteiger partial charge on any atom is -0.486 e. The molecule has 19 heavy (non-hydrogen) atoms. The summed E-state index contributed by atoms with van der Waals surface area (Å²) in [4.78, 5) is 1.14. The van der Waals surface area contributed by atoms with Crippen LogP contribution in [0.4, 0.5) is 23.9 Å². The van der Waals surface area contributed by atoms with Gasteiger partial charge in [-0.25, -0.2) is 0 Å². The minimum atomic E-state index is -4.34. The molecule has 0 aliphatic carbocycles. The molecule has 0 saturated heterocycles. The highest BCUT2D eigenvalue weighted by molar-refractivity contribution is 7.17. The van der Waals surface area contributed by atoms with Crippen molar-refractivity contribution in [3.63, 3.8) is 0 Å². The number of nitrogens with zero attached hydrogens (tertiary/aromatic N) is 2. The molecule has 8 heteroatoms. The largest absolute Gasteiger partial charge is 0.486 e. The Kier molecular flexibility index (Phi) is 4.52. The van der Waals surface area contributed by atoms with Gasteiger partial charge in [-0.15, -0.1) is 11.3 Å². The lowest BCUT2D eigenvalue weighted by Crippen LogP contribution is -2.30. The molecule has 0 bridgehead atoms. The van der Waals surface area contributed by atoms with Crippen LogP contribution >= 0.6 is 11.3 Å². The van der Waals surface area contributed by atoms with Crippen LogP contribution in [-0.4, -0.2) is 25.9 Å². The second kappa shape index (κ2) is 5.57. The third kappa shape index (κ3) is 3.92. The standard InChI is InChI=1S/C11H14F3N3OS/c1-6(2)18-9-8(16)7(4-15)19-10(9)17(3)5-11(12,13)14/h6H,5,16H2,1-3H3. The fourth-order valence-electron chi connectivity index (χ4n) is 1.44. The molecule has 0 saturated carbocycles. The Labute approximate surface area is 113 Å². The molecule has 0 fully saturated rings. The molecule has 0 amide bonds. The average Bonchev–Trinajstić information content (AvgIpc) is 2.53. The van der Waals surface area contributed by atoms with Gasteiger partial charge in [0.05, 0.1) is 6.10 Å². The number of nitrogens with two attached hydrogens (primary N) is 1. The summed E-state index contributed by atoms with van der Waals surface area (Å²) >= 11 is 0.892. The Morgan fingerprint density at radius 1 is 1.47 bits per heavy atom. The van der Waals surface area contributed by atoms with E-state index >= 15 is 0 Å². The molecular weight excluding hydrogens is 279 g/mol. The number of alkyl halides is 3. The number of hydrogen-bond donors (Lipinski definition) is 1. The van der Waals surface area contributed by atoms with Crippen molar-refractivity contribution in [3.8, 4) is 11.8 Å². The molecule has 106 valence electrons. The third-order valence-corrected chi connectivity index (χ3v) is 3.31. The van der Waals surface area contributed by atoms with Crippen LogP contribution in [0.15, 0.2) is 0 Å². The zero-order valence-electron chi connectivity index (χ0n) is 10.7. The van der Waals surface area contributed by atoms with Gasteiger partial charge in [0.1, 0.15) is 28.2 Å². The summed E-state index contributed by atoms with van der Waals surface area (Å²) < 4.78 is 42.6. The van der Waals surface area contributed by atoms with E-state index in [-0.39, 0.29) is 27.4 Å². The van der Waals surface area contributed by atoms with Gasteiger partial charge in [-0.1, -0.05) is 0 Å². The van der Waals surface area contributed by atoms with Gasteiger partial charge in [0, 0.05) is 7.05 Å². The van der Waals surface area contributed by atoms with E-state index in [0.29, 0.717) is 0 Å². The Hall–Kier alpha value is -1.62. The lowest BCUT2D eigenvalue weighted by molar-refractivity contribution is -0.119. The molecule has 4 nitrogen and oxygen atoms in total. The summed E-state index contributed by atoms with van der Waals surface area (Å²) in [5, 5.41) is 9.10. The Morgan fingerprint density at radius 2 is 2.05 bits per heavy atom. The Bertz CT molecular complexity index is 491. The number of hydrogen-bond acceptors (Lipinski definition) is 5. The number of thiophene rings is 1. The molecule has 0 atom stereocenters. The molecule has 0 spiro atoms. The normalized spacial score (nSPS) is 11.5. The topological polar surface area (TPSA) is 62.3 Å². The van der Waals surface area contributed by atoms with Gasteiger partial charge in [-0.05, 0) is 13.8 Å². The van der Waals surface area contributed by atoms with Crippen LogP contribution < -0.4 is 15.4 Å². The number of ether oxygens (including phenoxy) is 1. The Balaban J connectivity index is 3.15. The maximum atomic E-state index is 12.4. The summed E-state index contributed by atoms with van der Waals surface area (Å²) in [6, 6.07) is 1.85. The van der Waals surface area contributed by atoms with Gasteiger partial charge >= 0.3 is 6.18 Å². The SMILES string of the molecule is CC(C)Oc1c(N(C)CC(F)(F)F)sc(C#N)c1N. The number of halogens is 3. The highest BCUT2D eigenvalue weighted by Crippen LogP contribution is 2.45. The first-order valence-electron chi connectivity index (χ1n) is 5.42. The lowest BCUT2D eigenvalue weighted by atomic mass is 10.3. The molecule has 1 heterocycles. The van der Waals surface area contributed by atoms with Crippen LogP contribution in [-0.2, 0) is 0 Å². The van der Waals surface area contributed by atoms with Crippen LogP contribution in [0.2, 0.25) is 0 Å². The predicted molar refractivity (Wildman–Crippen MR) is 68.5 cm³/mol. The molecule has 0 radical (unpaired) electrons. The van der Waals surface area contributed by atoms with E-state index in [9.17, 15) is 13.2 Å². The molecular formula is C11H14F3N3OS. The second-order valence-electron chi connectivity index (χ2n) is 4.23. The van der Waals surface area contributed by atoms with Crippen molar-refractivity contribution < 1.29 is 17.9 Å². The molecule has 0 unspecified atom stereocenters. The summed E-state index contributed by atoms with van der Waals surface area (Å²) in [5.41, 5.74) is 5.81. The van der Waals surface area contributed by atoms with Crippen LogP contribution in [0.5, 0.6) is 5.75 Å². The van der Waals surface area contributed by atoms with Crippen molar-refractivity contribution in [1.82, 2.24) is 0 Å². The van der Waals surface area contributed by atoms with E-state index < -0.39 is 12.7 Å². The summed E-state index contributed by atoms with van der Waals surface area (Å²) in [6.45, 7) is 2.33. The van der Waals surface area contributed by atoms with E-state index in [4.69, 9.17) is 15.7 Å². The molecule has 1 aromatic heterocycles. The number of anilines is 2. The second-order valence-corrected chi connectivity index (χ2v) is 5.23. The van der Waals surface area contributed by atoms with Crippen LogP contribution in [0.25, 0.3) is 0 Å². The number of nitriles is 1. The summed E-state index contributed by atoms with van der Waals surface area (Å²) in [5.74, 6) is 0.142. The van der Waals surface area contributed by atoms with Crippen LogP contribution in [0.1, 0.15) is 18.7 Å². The van der Waals surface area contributed by atoms with E-state index in [1.807, 2.05) is 6.07 Å². The molecule has 1 rings (SSSR count). The maximum absolute atomic E-state index is 12.4. The molecule has 0 aromatic carbocycles. The first kappa shape index (κ1) is 15.4. The highest BCUT2D eigenvalue weighted by atomic mass is 32.1. The van der Waals surface area contributed by atoms with Crippen molar-refractivity contribution in [2.24, 2.45) is 0 Å². The van der Waals surface area contributed by atoms with Crippen molar-refractivity contribution >= 4 is 22.0 Å². The van der Waals surface area contributed by atoms with E-state index in [0.717, 1.165) is 16.2 Å². The lowest BCUT2D eigenvalue weighted by Gasteiger charge is -2.21. The van der Waals surface area contributed by atoms with Gasteiger partial charge in [-0.3, -0.25) is 0 Å². The average molecular weight is 293 g/mol. The zero-order chi connectivity index (χ0) is 14.8. The number of nitrogen functional groups attached to an aromatic ring is 1. The van der Waals surface area contributed by atoms with Gasteiger partial charge < -0.3 is 15.4 Å². The fourth-order valence-corrected chi connectivity index (χ4v) is 2.35. The van der Waals surface area contributed by atoms with Crippen LogP contribution in [0.3, 0.4) is 0 Å².